The summed E-state index contributed by atoms with van der Waals surface area (Å²) < 4.78 is 10.1. The van der Waals surface area contributed by atoms with Crippen LogP contribution in [0.25, 0.3) is 20.4 Å². The average Bonchev–Trinajstić information content (AvgIpc) is 3.44. The van der Waals surface area contributed by atoms with Gasteiger partial charge in [-0.05, 0) is 61.1 Å². The Morgan fingerprint density at radius 3 is 2.83 bits per heavy atom. The summed E-state index contributed by atoms with van der Waals surface area (Å²) in [6.45, 7) is 1.36. The van der Waals surface area contributed by atoms with Crippen molar-refractivity contribution in [1.82, 2.24) is 19.4 Å². The monoisotopic (exact) mass is 534 g/mol. The first-order valence-corrected chi connectivity index (χ1v) is 12.3. The van der Waals surface area contributed by atoms with Gasteiger partial charge in [0.25, 0.3) is 5.56 Å². The lowest BCUT2D eigenvalue weighted by Crippen LogP contribution is -2.40. The van der Waals surface area contributed by atoms with Crippen LogP contribution in [0.4, 0.5) is 0 Å². The third-order valence-electron chi connectivity index (χ3n) is 7.48. The summed E-state index contributed by atoms with van der Waals surface area (Å²) in [5, 5.41) is 3.69. The Kier molecular flexibility index (Phi) is 7.29. The third kappa shape index (κ3) is 3.96. The van der Waals surface area contributed by atoms with Crippen LogP contribution in [-0.2, 0) is 20.0 Å². The Labute approximate surface area is 219 Å². The molecule has 35 heavy (non-hydrogen) atoms. The van der Waals surface area contributed by atoms with Gasteiger partial charge < -0.3 is 10.1 Å². The molecule has 10 heteroatoms. The Morgan fingerprint density at radius 1 is 1.20 bits per heavy atom. The van der Waals surface area contributed by atoms with Gasteiger partial charge in [0, 0.05) is 31.7 Å². The Balaban J connectivity index is 0.00000144. The lowest BCUT2D eigenvalue weighted by molar-refractivity contribution is 0.370. The van der Waals surface area contributed by atoms with Crippen LogP contribution in [0.5, 0.6) is 5.75 Å². The number of halogens is 2. The number of rotatable bonds is 4. The van der Waals surface area contributed by atoms with Gasteiger partial charge in [-0.1, -0.05) is 12.1 Å². The number of methoxy groups -OCH3 is 1. The first-order chi connectivity index (χ1) is 16.1. The molecule has 0 amide bonds. The summed E-state index contributed by atoms with van der Waals surface area (Å²) >= 11 is 1.41. The van der Waals surface area contributed by atoms with Crippen molar-refractivity contribution in [3.8, 4) is 5.75 Å². The number of pyridine rings is 1. The average molecular weight is 535 g/mol. The molecule has 4 aromatic rings. The van der Waals surface area contributed by atoms with Gasteiger partial charge in [0.2, 0.25) is 0 Å². The van der Waals surface area contributed by atoms with E-state index in [1.807, 2.05) is 18.2 Å². The van der Waals surface area contributed by atoms with E-state index in [-0.39, 0.29) is 42.1 Å². The largest absolute Gasteiger partial charge is 0.496 e. The molecule has 186 valence electrons. The van der Waals surface area contributed by atoms with Crippen LogP contribution >= 0.6 is 36.2 Å². The third-order valence-corrected chi connectivity index (χ3v) is 8.60. The van der Waals surface area contributed by atoms with E-state index in [0.717, 1.165) is 41.8 Å². The molecule has 0 saturated carbocycles. The molecule has 7 nitrogen and oxygen atoms in total. The molecule has 0 radical (unpaired) electrons. The van der Waals surface area contributed by atoms with E-state index in [1.54, 1.807) is 24.9 Å². The molecule has 1 saturated heterocycles. The summed E-state index contributed by atoms with van der Waals surface area (Å²) in [5.41, 5.74) is 3.52. The fraction of sp³-hybridized carbons (Fsp3) is 0.400. The van der Waals surface area contributed by atoms with Crippen molar-refractivity contribution in [2.45, 2.75) is 37.8 Å². The summed E-state index contributed by atoms with van der Waals surface area (Å²) in [4.78, 5) is 30.9. The molecule has 4 heterocycles. The van der Waals surface area contributed by atoms with Gasteiger partial charge in [-0.2, -0.15) is 0 Å². The number of nitrogens with one attached hydrogen (secondary N) is 1. The number of benzene rings is 1. The van der Waals surface area contributed by atoms with Gasteiger partial charge in [0.05, 0.1) is 17.3 Å². The quantitative estimate of drug-likeness (QED) is 0.430. The van der Waals surface area contributed by atoms with E-state index in [9.17, 15) is 9.59 Å². The minimum atomic E-state index is -0.280. The second kappa shape index (κ2) is 9.93. The molecule has 1 aromatic carbocycles. The lowest BCUT2D eigenvalue weighted by atomic mass is 9.73. The van der Waals surface area contributed by atoms with Crippen molar-refractivity contribution >= 4 is 56.6 Å². The maximum atomic E-state index is 13.3. The van der Waals surface area contributed by atoms with Crippen LogP contribution in [0.2, 0.25) is 0 Å². The van der Waals surface area contributed by atoms with E-state index < -0.39 is 0 Å². The molecule has 3 aromatic heterocycles. The predicted octanol–water partition coefficient (Wildman–Crippen LogP) is 3.87. The highest BCUT2D eigenvalue weighted by Gasteiger charge is 2.40. The van der Waals surface area contributed by atoms with Crippen LogP contribution in [0.3, 0.4) is 0 Å². The van der Waals surface area contributed by atoms with Gasteiger partial charge in [0.1, 0.15) is 16.0 Å². The maximum Gasteiger partial charge on any atom is 0.331 e. The minimum absolute atomic E-state index is 0. The standard InChI is InChI=1S/C25H26N4O3S.2ClH/c1-28-22-21-19(7-4-11-26-21)33-23(22)24(30)29(25(28)31)12-10-17-20-14(13-27-17)8-9-15-16(20)5-3-6-18(15)32-2;;/h3-7,11,14,17,20,27H,8-10,12-13H2,1-2H3;2*1H/t14-,17?,20+;;/m0../s1. The number of hydrogen-bond donors (Lipinski definition) is 1. The van der Waals surface area contributed by atoms with Crippen LogP contribution in [0.1, 0.15) is 29.9 Å². The molecule has 2 aliphatic rings. The second-order valence-corrected chi connectivity index (χ2v) is 10.1. The zero-order valence-electron chi connectivity index (χ0n) is 19.5. The molecule has 0 spiro atoms. The second-order valence-electron chi connectivity index (χ2n) is 9.08. The zero-order chi connectivity index (χ0) is 22.7. The van der Waals surface area contributed by atoms with Crippen LogP contribution in [0.15, 0.2) is 46.1 Å². The van der Waals surface area contributed by atoms with E-state index in [4.69, 9.17) is 4.74 Å². The lowest BCUT2D eigenvalue weighted by Gasteiger charge is -2.32. The zero-order valence-corrected chi connectivity index (χ0v) is 22.0. The molecule has 1 unspecified atom stereocenters. The highest BCUT2D eigenvalue weighted by Crippen LogP contribution is 2.45. The van der Waals surface area contributed by atoms with E-state index in [0.29, 0.717) is 28.6 Å². The van der Waals surface area contributed by atoms with Crippen LogP contribution in [0, 0.1) is 5.92 Å². The number of aromatic nitrogens is 3. The van der Waals surface area contributed by atoms with E-state index in [1.165, 1.54) is 27.0 Å². The number of nitrogens with zero attached hydrogens (tertiary/aromatic N) is 3. The van der Waals surface area contributed by atoms with E-state index in [2.05, 4.69) is 22.4 Å². The number of fused-ring (bicyclic) bond motifs is 6. The molecular weight excluding hydrogens is 507 g/mol. The molecule has 1 N–H and O–H groups in total. The van der Waals surface area contributed by atoms with Crippen molar-refractivity contribution < 1.29 is 4.74 Å². The van der Waals surface area contributed by atoms with Crippen molar-refractivity contribution in [3.05, 3.63) is 68.5 Å². The smallest absolute Gasteiger partial charge is 0.331 e. The highest BCUT2D eigenvalue weighted by atomic mass is 35.5. The first kappa shape index (κ1) is 25.7. The number of hydrogen-bond acceptors (Lipinski definition) is 6. The normalized spacial score (nSPS) is 20.7. The molecule has 1 fully saturated rings. The Bertz CT molecular complexity index is 1510. The van der Waals surface area contributed by atoms with Gasteiger partial charge >= 0.3 is 5.69 Å². The Morgan fingerprint density at radius 2 is 2.03 bits per heavy atom. The molecule has 1 aliphatic carbocycles. The van der Waals surface area contributed by atoms with Gasteiger partial charge in [0.15, 0.2) is 0 Å². The van der Waals surface area contributed by atoms with Crippen molar-refractivity contribution in [3.63, 3.8) is 0 Å². The number of ether oxygens (including phenoxy) is 1. The predicted molar refractivity (Wildman–Crippen MR) is 145 cm³/mol. The van der Waals surface area contributed by atoms with Crippen molar-refractivity contribution in [2.75, 3.05) is 13.7 Å². The maximum absolute atomic E-state index is 13.3. The topological polar surface area (TPSA) is 78.2 Å². The molecule has 3 atom stereocenters. The van der Waals surface area contributed by atoms with Crippen LogP contribution in [-0.4, -0.2) is 33.8 Å². The van der Waals surface area contributed by atoms with Crippen molar-refractivity contribution in [2.24, 2.45) is 13.0 Å². The fourth-order valence-corrected chi connectivity index (χ4v) is 7.07. The number of thiophene rings is 1. The minimum Gasteiger partial charge on any atom is -0.496 e. The van der Waals surface area contributed by atoms with Crippen LogP contribution < -0.4 is 21.3 Å². The Hall–Kier alpha value is -2.39. The van der Waals surface area contributed by atoms with Gasteiger partial charge in [-0.15, -0.1) is 36.2 Å². The molecule has 6 rings (SSSR count). The summed E-state index contributed by atoms with van der Waals surface area (Å²) in [7, 11) is 3.46. The summed E-state index contributed by atoms with van der Waals surface area (Å²) in [6.07, 6.45) is 4.58. The first-order valence-electron chi connectivity index (χ1n) is 11.4. The SMILES string of the molecule is COc1cccc2c1CC[C@H]1CNC(CCn3c(=O)c4sc5cccnc5c4n(C)c3=O)[C@@H]21.Cl.Cl. The van der Waals surface area contributed by atoms with Gasteiger partial charge in [-0.25, -0.2) is 4.79 Å². The number of aryl methyl sites for hydroxylation is 1. The summed E-state index contributed by atoms with van der Waals surface area (Å²) in [5.74, 6) is 1.91. The molecule has 1 aliphatic heterocycles. The van der Waals surface area contributed by atoms with Gasteiger partial charge in [-0.3, -0.25) is 18.9 Å². The molecular formula is C25H28Cl2N4O3S. The van der Waals surface area contributed by atoms with E-state index >= 15 is 0 Å². The highest BCUT2D eigenvalue weighted by molar-refractivity contribution is 7.25. The molecule has 0 bridgehead atoms. The van der Waals surface area contributed by atoms with Crippen molar-refractivity contribution in [1.29, 1.82) is 0 Å². The fourth-order valence-electron chi connectivity index (χ4n) is 5.93. The summed E-state index contributed by atoms with van der Waals surface area (Å²) in [6, 6.07) is 10.3.